The summed E-state index contributed by atoms with van der Waals surface area (Å²) in [6.07, 6.45) is 0. The van der Waals surface area contributed by atoms with Gasteiger partial charge in [0.2, 0.25) is 0 Å². The number of hydrogen-bond donors (Lipinski definition) is 0. The number of halogens is 1. The molecule has 0 spiro atoms. The van der Waals surface area contributed by atoms with Gasteiger partial charge in [0.1, 0.15) is 0 Å². The molecule has 1 aromatic heterocycles. The highest BCUT2D eigenvalue weighted by molar-refractivity contribution is 6.30. The second-order valence-corrected chi connectivity index (χ2v) is 8.51. The zero-order valence-electron chi connectivity index (χ0n) is 17.6. The van der Waals surface area contributed by atoms with Crippen molar-refractivity contribution in [3.63, 3.8) is 0 Å². The fourth-order valence-corrected chi connectivity index (χ4v) is 3.94. The van der Waals surface area contributed by atoms with Crippen LogP contribution in [-0.2, 0) is 0 Å². The smallest absolute Gasteiger partial charge is 0.257 e. The van der Waals surface area contributed by atoms with Gasteiger partial charge in [-0.2, -0.15) is 5.10 Å². The third kappa shape index (κ3) is 4.11. The first-order chi connectivity index (χ1) is 13.3. The van der Waals surface area contributed by atoms with Crippen LogP contribution in [0.4, 0.5) is 0 Å². The number of carbonyl (C=O) groups is 1. The summed E-state index contributed by atoms with van der Waals surface area (Å²) in [6, 6.07) is 7.64. The lowest BCUT2D eigenvalue weighted by molar-refractivity contribution is 0.0640. The summed E-state index contributed by atoms with van der Waals surface area (Å²) in [7, 11) is 0. The number of aromatic nitrogens is 2. The maximum Gasteiger partial charge on any atom is 0.257 e. The van der Waals surface area contributed by atoms with E-state index in [9.17, 15) is 4.79 Å². The number of hydrogen-bond acceptors (Lipinski definition) is 3. The van der Waals surface area contributed by atoms with Gasteiger partial charge in [-0.05, 0) is 42.6 Å². The molecular weight excluding hydrogens is 372 g/mol. The molecule has 1 aromatic carbocycles. The SMILES string of the molecule is CCN1CCN(C(=O)c2c(C(C)C)nn(-c3ccc(Cl)cc3)c2C(C)C)CC1. The Morgan fingerprint density at radius 1 is 1.04 bits per heavy atom. The predicted molar refractivity (Wildman–Crippen MR) is 115 cm³/mol. The van der Waals surface area contributed by atoms with Crippen LogP contribution in [0.3, 0.4) is 0 Å². The topological polar surface area (TPSA) is 41.4 Å². The van der Waals surface area contributed by atoms with Crippen molar-refractivity contribution >= 4 is 17.5 Å². The van der Waals surface area contributed by atoms with E-state index in [1.54, 1.807) is 0 Å². The molecule has 0 saturated carbocycles. The van der Waals surface area contributed by atoms with Crippen LogP contribution in [0.2, 0.25) is 5.02 Å². The van der Waals surface area contributed by atoms with Crippen molar-refractivity contribution in [2.45, 2.75) is 46.5 Å². The first-order valence-electron chi connectivity index (χ1n) is 10.2. The number of carbonyl (C=O) groups excluding carboxylic acids is 1. The van der Waals surface area contributed by atoms with Crippen molar-refractivity contribution in [1.29, 1.82) is 0 Å². The molecule has 1 saturated heterocycles. The summed E-state index contributed by atoms with van der Waals surface area (Å²) in [5, 5.41) is 5.58. The average Bonchev–Trinajstić information content (AvgIpc) is 3.09. The molecule has 0 bridgehead atoms. The second kappa shape index (κ2) is 8.66. The molecule has 1 fully saturated rings. The van der Waals surface area contributed by atoms with Crippen LogP contribution in [0, 0.1) is 0 Å². The number of benzene rings is 1. The van der Waals surface area contributed by atoms with Crippen molar-refractivity contribution in [3.05, 3.63) is 46.2 Å². The molecule has 2 heterocycles. The van der Waals surface area contributed by atoms with Gasteiger partial charge in [0.05, 0.1) is 22.6 Å². The van der Waals surface area contributed by atoms with Gasteiger partial charge in [-0.25, -0.2) is 4.68 Å². The van der Waals surface area contributed by atoms with Crippen molar-refractivity contribution in [3.8, 4) is 5.69 Å². The maximum atomic E-state index is 13.6. The largest absolute Gasteiger partial charge is 0.336 e. The molecule has 0 radical (unpaired) electrons. The fourth-order valence-electron chi connectivity index (χ4n) is 3.81. The number of rotatable bonds is 5. The van der Waals surface area contributed by atoms with E-state index in [4.69, 9.17) is 16.7 Å². The van der Waals surface area contributed by atoms with Gasteiger partial charge in [-0.1, -0.05) is 46.2 Å². The average molecular weight is 403 g/mol. The summed E-state index contributed by atoms with van der Waals surface area (Å²) in [5.74, 6) is 0.455. The van der Waals surface area contributed by atoms with E-state index in [2.05, 4.69) is 39.5 Å². The molecule has 3 rings (SSSR count). The van der Waals surface area contributed by atoms with Gasteiger partial charge in [0.25, 0.3) is 5.91 Å². The van der Waals surface area contributed by atoms with Gasteiger partial charge in [0, 0.05) is 31.2 Å². The first-order valence-corrected chi connectivity index (χ1v) is 10.6. The van der Waals surface area contributed by atoms with Gasteiger partial charge in [0.15, 0.2) is 0 Å². The Labute approximate surface area is 173 Å². The van der Waals surface area contributed by atoms with Crippen LogP contribution in [0.25, 0.3) is 5.69 Å². The van der Waals surface area contributed by atoms with Gasteiger partial charge >= 0.3 is 0 Å². The summed E-state index contributed by atoms with van der Waals surface area (Å²) in [5.41, 5.74) is 3.57. The van der Waals surface area contributed by atoms with Gasteiger partial charge in [-0.3, -0.25) is 4.79 Å². The molecule has 1 amide bonds. The lowest BCUT2D eigenvalue weighted by Crippen LogP contribution is -2.48. The molecule has 1 aliphatic rings. The van der Waals surface area contributed by atoms with Crippen LogP contribution >= 0.6 is 11.6 Å². The molecule has 28 heavy (non-hydrogen) atoms. The third-order valence-corrected chi connectivity index (χ3v) is 5.69. The highest BCUT2D eigenvalue weighted by Gasteiger charge is 2.31. The van der Waals surface area contributed by atoms with Gasteiger partial charge in [-0.15, -0.1) is 0 Å². The summed E-state index contributed by atoms with van der Waals surface area (Å²) >= 11 is 6.07. The minimum atomic E-state index is 0.114. The number of likely N-dealkylation sites (N-methyl/N-ethyl adjacent to an activating group) is 1. The normalized spacial score (nSPS) is 15.6. The Morgan fingerprint density at radius 3 is 2.14 bits per heavy atom. The summed E-state index contributed by atoms with van der Waals surface area (Å²) in [6.45, 7) is 15.1. The lowest BCUT2D eigenvalue weighted by atomic mass is 9.97. The Kier molecular flexibility index (Phi) is 6.46. The highest BCUT2D eigenvalue weighted by atomic mass is 35.5. The number of piperazine rings is 1. The van der Waals surface area contributed by atoms with E-state index in [1.165, 1.54) is 0 Å². The molecule has 6 heteroatoms. The Balaban J connectivity index is 2.06. The van der Waals surface area contributed by atoms with E-state index in [1.807, 2.05) is 33.8 Å². The van der Waals surface area contributed by atoms with Crippen molar-refractivity contribution in [2.24, 2.45) is 0 Å². The molecule has 0 unspecified atom stereocenters. The summed E-state index contributed by atoms with van der Waals surface area (Å²) < 4.78 is 1.94. The van der Waals surface area contributed by atoms with Crippen molar-refractivity contribution in [1.82, 2.24) is 19.6 Å². The maximum absolute atomic E-state index is 13.6. The van der Waals surface area contributed by atoms with Gasteiger partial charge < -0.3 is 9.80 Å². The predicted octanol–water partition coefficient (Wildman–Crippen LogP) is 4.55. The summed E-state index contributed by atoms with van der Waals surface area (Å²) in [4.78, 5) is 18.0. The molecule has 0 aliphatic carbocycles. The molecule has 5 nitrogen and oxygen atoms in total. The standard InChI is InChI=1S/C22H31ClN4O/c1-6-25-11-13-26(14-12-25)22(28)19-20(15(2)3)24-27(21(19)16(4)5)18-9-7-17(23)8-10-18/h7-10,15-16H,6,11-14H2,1-5H3. The zero-order valence-corrected chi connectivity index (χ0v) is 18.3. The fraction of sp³-hybridized carbons (Fsp3) is 0.545. The Bertz CT molecular complexity index is 818. The van der Waals surface area contributed by atoms with E-state index >= 15 is 0 Å². The van der Waals surface area contributed by atoms with E-state index in [0.717, 1.165) is 55.4 Å². The van der Waals surface area contributed by atoms with Crippen LogP contribution < -0.4 is 0 Å². The van der Waals surface area contributed by atoms with E-state index in [0.29, 0.717) is 5.02 Å². The molecule has 1 aliphatic heterocycles. The molecule has 2 aromatic rings. The highest BCUT2D eigenvalue weighted by Crippen LogP contribution is 2.31. The lowest BCUT2D eigenvalue weighted by Gasteiger charge is -2.34. The molecule has 0 N–H and O–H groups in total. The van der Waals surface area contributed by atoms with Crippen molar-refractivity contribution in [2.75, 3.05) is 32.7 Å². The minimum absolute atomic E-state index is 0.114. The molecule has 0 atom stereocenters. The molecular formula is C22H31ClN4O. The quantitative estimate of drug-likeness (QED) is 0.736. The first kappa shape index (κ1) is 20.9. The van der Waals surface area contributed by atoms with E-state index in [-0.39, 0.29) is 17.7 Å². The molecule has 152 valence electrons. The van der Waals surface area contributed by atoms with Crippen molar-refractivity contribution < 1.29 is 4.79 Å². The number of nitrogens with zero attached hydrogens (tertiary/aromatic N) is 4. The van der Waals surface area contributed by atoms with E-state index < -0.39 is 0 Å². The second-order valence-electron chi connectivity index (χ2n) is 8.07. The van der Waals surface area contributed by atoms with Crippen LogP contribution in [0.15, 0.2) is 24.3 Å². The monoisotopic (exact) mass is 402 g/mol. The third-order valence-electron chi connectivity index (χ3n) is 5.43. The van der Waals surface area contributed by atoms with Crippen LogP contribution in [0.5, 0.6) is 0 Å². The Hall–Kier alpha value is -1.85. The Morgan fingerprint density at radius 2 is 1.64 bits per heavy atom. The van der Waals surface area contributed by atoms with Crippen LogP contribution in [-0.4, -0.2) is 58.2 Å². The van der Waals surface area contributed by atoms with Crippen LogP contribution in [0.1, 0.15) is 68.2 Å². The number of amides is 1. The minimum Gasteiger partial charge on any atom is -0.336 e. The zero-order chi connectivity index (χ0) is 20.4.